The molecule has 0 radical (unpaired) electrons. The van der Waals surface area contributed by atoms with E-state index in [1.807, 2.05) is 30.5 Å². The number of nitrogens with one attached hydrogen (secondary N) is 1. The lowest BCUT2D eigenvalue weighted by Gasteiger charge is -2.02. The molecule has 2 rings (SSSR count). The number of carbonyl (C=O) groups excluding carboxylic acids is 1. The Morgan fingerprint density at radius 1 is 1.24 bits per heavy atom. The van der Waals surface area contributed by atoms with Crippen LogP contribution >= 0.6 is 0 Å². The summed E-state index contributed by atoms with van der Waals surface area (Å²) in [6.45, 7) is 0. The molecule has 3 heteroatoms. The minimum Gasteiger partial charge on any atom is -0.497 e. The highest BCUT2D eigenvalue weighted by Gasteiger charge is 2.06. The standard InChI is InChI=1S/C14H15NO2/c1-17-13-7-4-11(5-8-13)14(16)9-6-12-3-2-10-15-12/h2-5,7-8,10,15H,6,9H2,1H3. The second-order valence-electron chi connectivity index (χ2n) is 3.85. The molecule has 0 bridgehead atoms. The number of carbonyl (C=O) groups is 1. The largest absolute Gasteiger partial charge is 0.497 e. The van der Waals surface area contributed by atoms with Crippen LogP contribution in [0.3, 0.4) is 0 Å². The van der Waals surface area contributed by atoms with E-state index in [9.17, 15) is 4.79 Å². The lowest BCUT2D eigenvalue weighted by Crippen LogP contribution is -2.01. The third kappa shape index (κ3) is 2.97. The molecule has 0 saturated heterocycles. The van der Waals surface area contributed by atoms with E-state index >= 15 is 0 Å². The van der Waals surface area contributed by atoms with Gasteiger partial charge in [0.05, 0.1) is 7.11 Å². The molecule has 1 heterocycles. The Kier molecular flexibility index (Phi) is 3.60. The number of aryl methyl sites for hydroxylation is 1. The van der Waals surface area contributed by atoms with Crippen molar-refractivity contribution in [2.45, 2.75) is 12.8 Å². The maximum atomic E-state index is 11.9. The third-order valence-corrected chi connectivity index (χ3v) is 2.70. The molecular formula is C14H15NO2. The summed E-state index contributed by atoms with van der Waals surface area (Å²) >= 11 is 0. The number of H-pyrrole nitrogens is 1. The molecule has 1 N–H and O–H groups in total. The van der Waals surface area contributed by atoms with Gasteiger partial charge in [0, 0.05) is 23.9 Å². The van der Waals surface area contributed by atoms with E-state index in [1.54, 1.807) is 19.2 Å². The van der Waals surface area contributed by atoms with E-state index in [0.29, 0.717) is 6.42 Å². The topological polar surface area (TPSA) is 42.1 Å². The van der Waals surface area contributed by atoms with E-state index in [0.717, 1.165) is 23.4 Å². The van der Waals surface area contributed by atoms with Crippen LogP contribution in [0.1, 0.15) is 22.5 Å². The molecule has 0 atom stereocenters. The minimum atomic E-state index is 0.155. The first-order chi connectivity index (χ1) is 8.29. The number of Topliss-reactive ketones (excluding diaryl/α,β-unsaturated/α-hetero) is 1. The highest BCUT2D eigenvalue weighted by Crippen LogP contribution is 2.13. The summed E-state index contributed by atoms with van der Waals surface area (Å²) in [7, 11) is 1.61. The van der Waals surface area contributed by atoms with E-state index in [1.165, 1.54) is 0 Å². The average molecular weight is 229 g/mol. The Morgan fingerprint density at radius 3 is 2.59 bits per heavy atom. The molecule has 1 aromatic carbocycles. The number of hydrogen-bond donors (Lipinski definition) is 1. The number of hydrogen-bond acceptors (Lipinski definition) is 2. The summed E-state index contributed by atoms with van der Waals surface area (Å²) in [5.41, 5.74) is 1.82. The molecule has 0 saturated carbocycles. The highest BCUT2D eigenvalue weighted by molar-refractivity contribution is 5.96. The number of aromatic amines is 1. The Balaban J connectivity index is 1.95. The lowest BCUT2D eigenvalue weighted by atomic mass is 10.1. The number of ether oxygens (including phenoxy) is 1. The summed E-state index contributed by atoms with van der Waals surface area (Å²) in [4.78, 5) is 15.0. The van der Waals surface area contributed by atoms with Crippen LogP contribution in [-0.2, 0) is 6.42 Å². The van der Waals surface area contributed by atoms with Crippen LogP contribution in [0.25, 0.3) is 0 Å². The zero-order chi connectivity index (χ0) is 12.1. The van der Waals surface area contributed by atoms with Crippen LogP contribution in [0.4, 0.5) is 0 Å². The van der Waals surface area contributed by atoms with Gasteiger partial charge in [0.2, 0.25) is 0 Å². The lowest BCUT2D eigenvalue weighted by molar-refractivity contribution is 0.0982. The predicted octanol–water partition coefficient (Wildman–Crippen LogP) is 2.84. The first kappa shape index (κ1) is 11.5. The molecule has 88 valence electrons. The third-order valence-electron chi connectivity index (χ3n) is 2.70. The van der Waals surface area contributed by atoms with Gasteiger partial charge < -0.3 is 9.72 Å². The Labute approximate surface area is 100 Å². The molecule has 1 aromatic heterocycles. The van der Waals surface area contributed by atoms with Crippen molar-refractivity contribution in [3.05, 3.63) is 53.9 Å². The fourth-order valence-corrected chi connectivity index (χ4v) is 1.69. The van der Waals surface area contributed by atoms with Crippen LogP contribution in [0, 0.1) is 0 Å². The van der Waals surface area contributed by atoms with Crippen molar-refractivity contribution in [2.75, 3.05) is 7.11 Å². The van der Waals surface area contributed by atoms with E-state index in [4.69, 9.17) is 4.74 Å². The van der Waals surface area contributed by atoms with Crippen molar-refractivity contribution < 1.29 is 9.53 Å². The number of benzene rings is 1. The summed E-state index contributed by atoms with van der Waals surface area (Å²) in [5, 5.41) is 0. The van der Waals surface area contributed by atoms with E-state index in [-0.39, 0.29) is 5.78 Å². The normalized spacial score (nSPS) is 10.2. The maximum Gasteiger partial charge on any atom is 0.163 e. The monoisotopic (exact) mass is 229 g/mol. The van der Waals surface area contributed by atoms with Gasteiger partial charge in [-0.25, -0.2) is 0 Å². The van der Waals surface area contributed by atoms with Crippen LogP contribution in [-0.4, -0.2) is 17.9 Å². The van der Waals surface area contributed by atoms with E-state index < -0.39 is 0 Å². The van der Waals surface area contributed by atoms with Gasteiger partial charge in [-0.3, -0.25) is 4.79 Å². The Bertz CT molecular complexity index is 471. The van der Waals surface area contributed by atoms with Gasteiger partial charge in [0.25, 0.3) is 0 Å². The maximum absolute atomic E-state index is 11.9. The minimum absolute atomic E-state index is 0.155. The summed E-state index contributed by atoms with van der Waals surface area (Å²) < 4.78 is 5.05. The zero-order valence-electron chi connectivity index (χ0n) is 9.77. The van der Waals surface area contributed by atoms with Gasteiger partial charge >= 0.3 is 0 Å². The van der Waals surface area contributed by atoms with Gasteiger partial charge in [-0.15, -0.1) is 0 Å². The predicted molar refractivity (Wildman–Crippen MR) is 66.4 cm³/mol. The SMILES string of the molecule is COc1ccc(C(=O)CCc2ccc[nH]2)cc1. The molecule has 0 aliphatic rings. The van der Waals surface area contributed by atoms with Crippen molar-refractivity contribution in [3.8, 4) is 5.75 Å². The summed E-state index contributed by atoms with van der Waals surface area (Å²) in [6, 6.07) is 11.1. The highest BCUT2D eigenvalue weighted by atomic mass is 16.5. The number of aromatic nitrogens is 1. The molecule has 0 spiro atoms. The van der Waals surface area contributed by atoms with Crippen molar-refractivity contribution in [3.63, 3.8) is 0 Å². The fraction of sp³-hybridized carbons (Fsp3) is 0.214. The number of ketones is 1. The van der Waals surface area contributed by atoms with Gasteiger partial charge in [-0.2, -0.15) is 0 Å². The second-order valence-corrected chi connectivity index (χ2v) is 3.85. The molecular weight excluding hydrogens is 214 g/mol. The number of rotatable bonds is 5. The molecule has 2 aromatic rings. The van der Waals surface area contributed by atoms with Crippen molar-refractivity contribution >= 4 is 5.78 Å². The van der Waals surface area contributed by atoms with E-state index in [2.05, 4.69) is 4.98 Å². The van der Waals surface area contributed by atoms with Crippen LogP contribution in [0.2, 0.25) is 0 Å². The average Bonchev–Trinajstić information content (AvgIpc) is 2.89. The van der Waals surface area contributed by atoms with Crippen molar-refractivity contribution in [1.29, 1.82) is 0 Å². The molecule has 0 fully saturated rings. The van der Waals surface area contributed by atoms with Gasteiger partial charge in [0.15, 0.2) is 5.78 Å². The molecule has 0 aliphatic heterocycles. The smallest absolute Gasteiger partial charge is 0.163 e. The van der Waals surface area contributed by atoms with Gasteiger partial charge in [0.1, 0.15) is 5.75 Å². The van der Waals surface area contributed by atoms with Gasteiger partial charge in [-0.1, -0.05) is 0 Å². The Morgan fingerprint density at radius 2 is 2.00 bits per heavy atom. The molecule has 3 nitrogen and oxygen atoms in total. The summed E-state index contributed by atoms with van der Waals surface area (Å²) in [6.07, 6.45) is 3.14. The number of methoxy groups -OCH3 is 1. The van der Waals surface area contributed by atoms with Crippen LogP contribution in [0.5, 0.6) is 5.75 Å². The molecule has 0 unspecified atom stereocenters. The van der Waals surface area contributed by atoms with Crippen LogP contribution < -0.4 is 4.74 Å². The molecule has 0 aliphatic carbocycles. The van der Waals surface area contributed by atoms with Crippen LogP contribution in [0.15, 0.2) is 42.6 Å². The first-order valence-corrected chi connectivity index (χ1v) is 5.59. The second kappa shape index (κ2) is 5.34. The molecule has 0 amide bonds. The first-order valence-electron chi connectivity index (χ1n) is 5.59. The quantitative estimate of drug-likeness (QED) is 0.801. The Hall–Kier alpha value is -2.03. The zero-order valence-corrected chi connectivity index (χ0v) is 9.77. The summed E-state index contributed by atoms with van der Waals surface area (Å²) in [5.74, 6) is 0.924. The van der Waals surface area contributed by atoms with Gasteiger partial charge in [-0.05, 0) is 42.8 Å². The van der Waals surface area contributed by atoms with Crippen molar-refractivity contribution in [2.24, 2.45) is 0 Å². The fourth-order valence-electron chi connectivity index (χ4n) is 1.69. The molecule has 17 heavy (non-hydrogen) atoms. The van der Waals surface area contributed by atoms with Crippen molar-refractivity contribution in [1.82, 2.24) is 4.98 Å².